The smallest absolute Gasteiger partial charge is 0.194 e. The largest absolute Gasteiger partial charge is 0.370 e. The molecule has 0 aliphatic carbocycles. The molecule has 1 saturated heterocycles. The molecule has 1 N–H and O–H groups in total. The lowest BCUT2D eigenvalue weighted by Crippen LogP contribution is -2.48. The van der Waals surface area contributed by atoms with Crippen LogP contribution in [0.25, 0.3) is 0 Å². The van der Waals surface area contributed by atoms with E-state index in [0.29, 0.717) is 13.2 Å². The summed E-state index contributed by atoms with van der Waals surface area (Å²) in [6.45, 7) is 9.18. The standard InChI is InChI=1S/C20H28N4O2/c1-5-16-11-17(26-23-16)12-22-20(21-4)24-8-9-25-19(13-24)18-7-6-14(2)10-15(18)3/h6-7,10-11,19H,5,8-9,12-13H2,1-4H3,(H,21,22). The van der Waals surface area contributed by atoms with E-state index in [0.717, 1.165) is 36.9 Å². The maximum atomic E-state index is 6.04. The average molecular weight is 356 g/mol. The number of morpholine rings is 1. The Morgan fingerprint density at radius 2 is 2.19 bits per heavy atom. The Labute approximate surface area is 155 Å². The maximum Gasteiger partial charge on any atom is 0.194 e. The van der Waals surface area contributed by atoms with Gasteiger partial charge in [-0.15, -0.1) is 0 Å². The first-order valence-corrected chi connectivity index (χ1v) is 9.19. The summed E-state index contributed by atoms with van der Waals surface area (Å²) in [7, 11) is 1.81. The number of rotatable bonds is 4. The average Bonchev–Trinajstić information content (AvgIpc) is 3.10. The summed E-state index contributed by atoms with van der Waals surface area (Å²) in [5.74, 6) is 1.68. The topological polar surface area (TPSA) is 62.9 Å². The van der Waals surface area contributed by atoms with Crippen molar-refractivity contribution in [2.24, 2.45) is 4.99 Å². The second-order valence-corrected chi connectivity index (χ2v) is 6.70. The number of hydrogen-bond acceptors (Lipinski definition) is 4. The lowest BCUT2D eigenvalue weighted by Gasteiger charge is -2.35. The third-order valence-corrected chi connectivity index (χ3v) is 4.74. The Bertz CT molecular complexity index is 769. The van der Waals surface area contributed by atoms with Gasteiger partial charge >= 0.3 is 0 Å². The molecule has 26 heavy (non-hydrogen) atoms. The summed E-state index contributed by atoms with van der Waals surface area (Å²) < 4.78 is 11.4. The molecule has 140 valence electrons. The number of aromatic nitrogens is 1. The third-order valence-electron chi connectivity index (χ3n) is 4.74. The normalized spacial score (nSPS) is 18.2. The molecule has 0 saturated carbocycles. The van der Waals surface area contributed by atoms with Crippen molar-refractivity contribution in [1.82, 2.24) is 15.4 Å². The SMILES string of the molecule is CCc1cc(CNC(=NC)N2CCOC(c3ccc(C)cc3C)C2)on1. The van der Waals surface area contributed by atoms with E-state index in [2.05, 4.69) is 59.3 Å². The summed E-state index contributed by atoms with van der Waals surface area (Å²) in [4.78, 5) is 6.67. The molecule has 2 heterocycles. The molecule has 2 aromatic rings. The fourth-order valence-corrected chi connectivity index (χ4v) is 3.32. The molecule has 6 heteroatoms. The molecule has 6 nitrogen and oxygen atoms in total. The molecule has 0 spiro atoms. The van der Waals surface area contributed by atoms with Crippen LogP contribution in [0.3, 0.4) is 0 Å². The minimum atomic E-state index is 0.0554. The number of guanidine groups is 1. The van der Waals surface area contributed by atoms with Crippen LogP contribution in [0.2, 0.25) is 0 Å². The maximum absolute atomic E-state index is 6.04. The molecule has 1 aromatic heterocycles. The number of ether oxygens (including phenoxy) is 1. The molecule has 3 rings (SSSR count). The van der Waals surface area contributed by atoms with Crippen molar-refractivity contribution in [2.45, 2.75) is 39.8 Å². The Hall–Kier alpha value is -2.34. The lowest BCUT2D eigenvalue weighted by atomic mass is 10.00. The van der Waals surface area contributed by atoms with Gasteiger partial charge in [-0.05, 0) is 31.4 Å². The van der Waals surface area contributed by atoms with E-state index in [-0.39, 0.29) is 6.10 Å². The number of hydrogen-bond donors (Lipinski definition) is 1. The number of aliphatic imine (C=N–C) groups is 1. The van der Waals surface area contributed by atoms with Crippen LogP contribution in [0.15, 0.2) is 33.8 Å². The van der Waals surface area contributed by atoms with Gasteiger partial charge in [0.25, 0.3) is 0 Å². The summed E-state index contributed by atoms with van der Waals surface area (Å²) >= 11 is 0. The summed E-state index contributed by atoms with van der Waals surface area (Å²) in [6.07, 6.45) is 0.930. The first kappa shape index (κ1) is 18.5. The lowest BCUT2D eigenvalue weighted by molar-refractivity contribution is -0.00837. The van der Waals surface area contributed by atoms with Crippen LogP contribution in [0.1, 0.15) is 41.2 Å². The van der Waals surface area contributed by atoms with E-state index >= 15 is 0 Å². The van der Waals surface area contributed by atoms with E-state index in [1.165, 1.54) is 16.7 Å². The van der Waals surface area contributed by atoms with E-state index in [1.807, 2.05) is 13.1 Å². The fraction of sp³-hybridized carbons (Fsp3) is 0.500. The van der Waals surface area contributed by atoms with Crippen molar-refractivity contribution in [1.29, 1.82) is 0 Å². The minimum Gasteiger partial charge on any atom is -0.370 e. The van der Waals surface area contributed by atoms with Crippen molar-refractivity contribution >= 4 is 5.96 Å². The van der Waals surface area contributed by atoms with Gasteiger partial charge in [0.05, 0.1) is 25.4 Å². The summed E-state index contributed by atoms with van der Waals surface area (Å²) in [5, 5.41) is 7.41. The first-order chi connectivity index (χ1) is 12.6. The summed E-state index contributed by atoms with van der Waals surface area (Å²) in [5.41, 5.74) is 4.76. The monoisotopic (exact) mass is 356 g/mol. The van der Waals surface area contributed by atoms with Crippen molar-refractivity contribution in [3.05, 3.63) is 52.4 Å². The first-order valence-electron chi connectivity index (χ1n) is 9.19. The predicted molar refractivity (Wildman–Crippen MR) is 102 cm³/mol. The van der Waals surface area contributed by atoms with Crippen LogP contribution in [-0.2, 0) is 17.7 Å². The second kappa shape index (κ2) is 8.36. The molecule has 1 aromatic carbocycles. The highest BCUT2D eigenvalue weighted by atomic mass is 16.5. The van der Waals surface area contributed by atoms with Crippen LogP contribution in [0, 0.1) is 13.8 Å². The van der Waals surface area contributed by atoms with Gasteiger partial charge in [0.2, 0.25) is 0 Å². The molecule has 1 unspecified atom stereocenters. The highest BCUT2D eigenvalue weighted by molar-refractivity contribution is 5.80. The van der Waals surface area contributed by atoms with Crippen molar-refractivity contribution in [2.75, 3.05) is 26.7 Å². The zero-order valence-corrected chi connectivity index (χ0v) is 16.1. The van der Waals surface area contributed by atoms with Gasteiger partial charge in [-0.2, -0.15) is 0 Å². The Kier molecular flexibility index (Phi) is 5.93. The van der Waals surface area contributed by atoms with Crippen LogP contribution >= 0.6 is 0 Å². The third kappa shape index (κ3) is 4.25. The van der Waals surface area contributed by atoms with E-state index in [1.54, 1.807) is 0 Å². The van der Waals surface area contributed by atoms with Crippen molar-refractivity contribution in [3.63, 3.8) is 0 Å². The number of aryl methyl sites for hydroxylation is 3. The van der Waals surface area contributed by atoms with Gasteiger partial charge in [0, 0.05) is 19.7 Å². The Morgan fingerprint density at radius 3 is 2.88 bits per heavy atom. The molecular formula is C20H28N4O2. The number of benzene rings is 1. The zero-order valence-electron chi connectivity index (χ0n) is 16.1. The molecule has 0 amide bonds. The van der Waals surface area contributed by atoms with Gasteiger partial charge < -0.3 is 19.5 Å². The van der Waals surface area contributed by atoms with E-state index in [4.69, 9.17) is 9.26 Å². The Morgan fingerprint density at radius 1 is 1.35 bits per heavy atom. The van der Waals surface area contributed by atoms with Crippen LogP contribution in [0.4, 0.5) is 0 Å². The fourth-order valence-electron chi connectivity index (χ4n) is 3.32. The van der Waals surface area contributed by atoms with Crippen LogP contribution < -0.4 is 5.32 Å². The van der Waals surface area contributed by atoms with Crippen molar-refractivity contribution < 1.29 is 9.26 Å². The molecule has 1 aliphatic heterocycles. The molecule has 0 radical (unpaired) electrons. The van der Waals surface area contributed by atoms with Gasteiger partial charge in [-0.1, -0.05) is 35.8 Å². The highest BCUT2D eigenvalue weighted by Crippen LogP contribution is 2.26. The molecular weight excluding hydrogens is 328 g/mol. The van der Waals surface area contributed by atoms with Gasteiger partial charge in [0.15, 0.2) is 11.7 Å². The van der Waals surface area contributed by atoms with E-state index in [9.17, 15) is 0 Å². The van der Waals surface area contributed by atoms with Crippen LogP contribution in [0.5, 0.6) is 0 Å². The van der Waals surface area contributed by atoms with Gasteiger partial charge in [-0.3, -0.25) is 4.99 Å². The van der Waals surface area contributed by atoms with Crippen molar-refractivity contribution in [3.8, 4) is 0 Å². The Balaban J connectivity index is 1.65. The molecule has 0 bridgehead atoms. The summed E-state index contributed by atoms with van der Waals surface area (Å²) in [6, 6.07) is 8.51. The quantitative estimate of drug-likeness (QED) is 0.674. The van der Waals surface area contributed by atoms with Gasteiger partial charge in [-0.25, -0.2) is 0 Å². The molecule has 1 aliphatic rings. The van der Waals surface area contributed by atoms with Crippen LogP contribution in [-0.4, -0.2) is 42.8 Å². The highest BCUT2D eigenvalue weighted by Gasteiger charge is 2.25. The molecule has 1 atom stereocenters. The second-order valence-electron chi connectivity index (χ2n) is 6.70. The zero-order chi connectivity index (χ0) is 18.5. The molecule has 1 fully saturated rings. The number of nitrogens with zero attached hydrogens (tertiary/aromatic N) is 3. The van der Waals surface area contributed by atoms with Gasteiger partial charge in [0.1, 0.15) is 6.10 Å². The minimum absolute atomic E-state index is 0.0554. The predicted octanol–water partition coefficient (Wildman–Crippen LogP) is 3.00. The number of nitrogens with one attached hydrogen (secondary N) is 1. The van der Waals surface area contributed by atoms with E-state index < -0.39 is 0 Å².